The fraction of sp³-hybridized carbons (Fsp3) is 0.619. The lowest BCUT2D eigenvalue weighted by Gasteiger charge is -2.28. The summed E-state index contributed by atoms with van der Waals surface area (Å²) in [5, 5.41) is 2.86. The summed E-state index contributed by atoms with van der Waals surface area (Å²) in [5.74, 6) is 0.0142. The number of amides is 1. The number of anilines is 1. The first kappa shape index (κ1) is 23.0. The highest BCUT2D eigenvalue weighted by Crippen LogP contribution is 2.26. The van der Waals surface area contributed by atoms with Gasteiger partial charge in [-0.05, 0) is 44.4 Å². The molecule has 6 nitrogen and oxygen atoms in total. The second-order valence-electron chi connectivity index (χ2n) is 7.13. The number of hydrogen-bond acceptors (Lipinski definition) is 5. The fourth-order valence-electron chi connectivity index (χ4n) is 2.61. The predicted molar refractivity (Wildman–Crippen MR) is 106 cm³/mol. The van der Waals surface area contributed by atoms with E-state index in [1.54, 1.807) is 25.1 Å². The quantitative estimate of drug-likeness (QED) is 0.576. The standard InChI is InChI=1S/C21H33NO5/c1-7-9-12-21(5,27-8-2)20(24)22-16-10-11-18(26-14-15(3)4)17(13-16)19(23)25-6/h10-11,13,15H,7-9,12,14H2,1-6H3,(H,22,24)/t21-/m1/s1. The Kier molecular flexibility index (Phi) is 9.29. The van der Waals surface area contributed by atoms with Crippen LogP contribution in [0.2, 0.25) is 0 Å². The highest BCUT2D eigenvalue weighted by atomic mass is 16.5. The van der Waals surface area contributed by atoms with E-state index >= 15 is 0 Å². The van der Waals surface area contributed by atoms with Gasteiger partial charge in [0.2, 0.25) is 0 Å². The molecule has 0 spiro atoms. The van der Waals surface area contributed by atoms with Crippen molar-refractivity contribution in [1.29, 1.82) is 0 Å². The first-order valence-electron chi connectivity index (χ1n) is 9.57. The molecular weight excluding hydrogens is 346 g/mol. The van der Waals surface area contributed by atoms with Crippen molar-refractivity contribution in [1.82, 2.24) is 0 Å². The molecule has 27 heavy (non-hydrogen) atoms. The van der Waals surface area contributed by atoms with Crippen molar-refractivity contribution >= 4 is 17.6 Å². The van der Waals surface area contributed by atoms with Gasteiger partial charge in [-0.1, -0.05) is 33.6 Å². The van der Waals surface area contributed by atoms with Crippen LogP contribution in [-0.2, 0) is 14.3 Å². The Morgan fingerprint density at radius 3 is 2.48 bits per heavy atom. The Hall–Kier alpha value is -2.08. The van der Waals surface area contributed by atoms with E-state index in [-0.39, 0.29) is 11.5 Å². The van der Waals surface area contributed by atoms with Crippen LogP contribution in [-0.4, -0.2) is 37.8 Å². The largest absolute Gasteiger partial charge is 0.492 e. The van der Waals surface area contributed by atoms with Crippen molar-refractivity contribution in [2.45, 2.75) is 59.5 Å². The summed E-state index contributed by atoms with van der Waals surface area (Å²) in [6.07, 6.45) is 2.49. The Morgan fingerprint density at radius 1 is 1.22 bits per heavy atom. The highest BCUT2D eigenvalue weighted by Gasteiger charge is 2.33. The summed E-state index contributed by atoms with van der Waals surface area (Å²) in [7, 11) is 1.32. The van der Waals surface area contributed by atoms with Crippen LogP contribution in [0.15, 0.2) is 18.2 Å². The summed E-state index contributed by atoms with van der Waals surface area (Å²) in [6, 6.07) is 4.96. The molecule has 0 radical (unpaired) electrons. The zero-order chi connectivity index (χ0) is 20.4. The Labute approximate surface area is 162 Å². The van der Waals surface area contributed by atoms with Gasteiger partial charge >= 0.3 is 5.97 Å². The van der Waals surface area contributed by atoms with Crippen molar-refractivity contribution in [3.8, 4) is 5.75 Å². The van der Waals surface area contributed by atoms with Gasteiger partial charge in [0.25, 0.3) is 5.91 Å². The van der Waals surface area contributed by atoms with Crippen LogP contribution >= 0.6 is 0 Å². The van der Waals surface area contributed by atoms with Crippen molar-refractivity contribution in [3.63, 3.8) is 0 Å². The van der Waals surface area contributed by atoms with E-state index in [0.29, 0.717) is 37.0 Å². The van der Waals surface area contributed by atoms with Gasteiger partial charge in [-0.25, -0.2) is 4.79 Å². The third-order valence-corrected chi connectivity index (χ3v) is 4.17. The number of benzene rings is 1. The zero-order valence-electron chi connectivity index (χ0n) is 17.4. The lowest BCUT2D eigenvalue weighted by Crippen LogP contribution is -2.42. The molecule has 1 aromatic carbocycles. The van der Waals surface area contributed by atoms with Crippen molar-refractivity contribution in [3.05, 3.63) is 23.8 Å². The number of carbonyl (C=O) groups is 2. The first-order valence-corrected chi connectivity index (χ1v) is 9.57. The van der Waals surface area contributed by atoms with Crippen molar-refractivity contribution < 1.29 is 23.8 Å². The number of nitrogens with one attached hydrogen (secondary N) is 1. The Morgan fingerprint density at radius 2 is 1.93 bits per heavy atom. The minimum atomic E-state index is -0.914. The number of carbonyl (C=O) groups excluding carboxylic acids is 2. The molecule has 0 aliphatic rings. The van der Waals surface area contributed by atoms with Gasteiger partial charge in [-0.2, -0.15) is 0 Å². The van der Waals surface area contributed by atoms with Crippen LogP contribution < -0.4 is 10.1 Å². The predicted octanol–water partition coefficient (Wildman–Crippen LogP) is 4.43. The fourth-order valence-corrected chi connectivity index (χ4v) is 2.61. The summed E-state index contributed by atoms with van der Waals surface area (Å²) < 4.78 is 16.3. The zero-order valence-corrected chi connectivity index (χ0v) is 17.4. The molecule has 1 aromatic rings. The average molecular weight is 379 g/mol. The van der Waals surface area contributed by atoms with E-state index in [4.69, 9.17) is 14.2 Å². The van der Waals surface area contributed by atoms with Crippen LogP contribution in [0.3, 0.4) is 0 Å². The monoisotopic (exact) mass is 379 g/mol. The Balaban J connectivity index is 3.04. The summed E-state index contributed by atoms with van der Waals surface area (Å²) in [4.78, 5) is 24.9. The van der Waals surface area contributed by atoms with Crippen LogP contribution in [0.4, 0.5) is 5.69 Å². The van der Waals surface area contributed by atoms with Crippen LogP contribution in [0.25, 0.3) is 0 Å². The highest BCUT2D eigenvalue weighted by molar-refractivity contribution is 5.99. The Bertz CT molecular complexity index is 629. The van der Waals surface area contributed by atoms with Crippen LogP contribution in [0, 0.1) is 5.92 Å². The topological polar surface area (TPSA) is 73.9 Å². The summed E-state index contributed by atoms with van der Waals surface area (Å²) in [5.41, 5.74) is -0.134. The molecule has 0 heterocycles. The number of ether oxygens (including phenoxy) is 3. The number of methoxy groups -OCH3 is 1. The van der Waals surface area contributed by atoms with E-state index in [1.807, 2.05) is 20.8 Å². The maximum atomic E-state index is 12.8. The minimum absolute atomic E-state index is 0.232. The van der Waals surface area contributed by atoms with E-state index < -0.39 is 11.6 Å². The molecular formula is C21H33NO5. The molecule has 1 atom stereocenters. The minimum Gasteiger partial charge on any atom is -0.492 e. The van der Waals surface area contributed by atoms with Gasteiger partial charge in [0.1, 0.15) is 16.9 Å². The number of hydrogen-bond donors (Lipinski definition) is 1. The van der Waals surface area contributed by atoms with E-state index in [9.17, 15) is 9.59 Å². The van der Waals surface area contributed by atoms with Gasteiger partial charge in [0.15, 0.2) is 0 Å². The van der Waals surface area contributed by atoms with Gasteiger partial charge in [0.05, 0.1) is 13.7 Å². The maximum absolute atomic E-state index is 12.8. The average Bonchev–Trinajstić information content (AvgIpc) is 2.64. The third kappa shape index (κ3) is 6.86. The molecule has 6 heteroatoms. The van der Waals surface area contributed by atoms with Crippen LogP contribution in [0.1, 0.15) is 64.2 Å². The summed E-state index contributed by atoms with van der Waals surface area (Å²) in [6.45, 7) is 10.7. The lowest BCUT2D eigenvalue weighted by molar-refractivity contribution is -0.139. The maximum Gasteiger partial charge on any atom is 0.341 e. The molecule has 1 rings (SSSR count). The molecule has 0 aliphatic heterocycles. The van der Waals surface area contributed by atoms with Gasteiger partial charge < -0.3 is 19.5 Å². The molecule has 152 valence electrons. The van der Waals surface area contributed by atoms with Crippen molar-refractivity contribution in [2.24, 2.45) is 5.92 Å². The normalized spacial score (nSPS) is 13.1. The molecule has 1 N–H and O–H groups in total. The first-order chi connectivity index (χ1) is 12.8. The second kappa shape index (κ2) is 10.9. The summed E-state index contributed by atoms with van der Waals surface area (Å²) >= 11 is 0. The molecule has 0 bridgehead atoms. The van der Waals surface area contributed by atoms with Gasteiger partial charge in [-0.15, -0.1) is 0 Å². The molecule has 0 saturated carbocycles. The number of rotatable bonds is 11. The molecule has 0 unspecified atom stereocenters. The molecule has 0 aromatic heterocycles. The molecule has 0 fully saturated rings. The van der Waals surface area contributed by atoms with Gasteiger partial charge in [0, 0.05) is 12.3 Å². The second-order valence-corrected chi connectivity index (χ2v) is 7.13. The van der Waals surface area contributed by atoms with Crippen molar-refractivity contribution in [2.75, 3.05) is 25.6 Å². The van der Waals surface area contributed by atoms with E-state index in [0.717, 1.165) is 12.8 Å². The van der Waals surface area contributed by atoms with Crippen LogP contribution in [0.5, 0.6) is 5.75 Å². The molecule has 0 saturated heterocycles. The third-order valence-electron chi connectivity index (χ3n) is 4.17. The molecule has 1 amide bonds. The van der Waals surface area contributed by atoms with Gasteiger partial charge in [-0.3, -0.25) is 4.79 Å². The molecule has 0 aliphatic carbocycles. The SMILES string of the molecule is CCCC[C@@](C)(OCC)C(=O)Nc1ccc(OCC(C)C)c(C(=O)OC)c1. The smallest absolute Gasteiger partial charge is 0.341 e. The van der Waals surface area contributed by atoms with E-state index in [1.165, 1.54) is 7.11 Å². The lowest BCUT2D eigenvalue weighted by atomic mass is 9.97. The number of esters is 1. The van der Waals surface area contributed by atoms with E-state index in [2.05, 4.69) is 12.2 Å². The number of unbranched alkanes of at least 4 members (excludes halogenated alkanes) is 1.